The highest BCUT2D eigenvalue weighted by Gasteiger charge is 2.19. The molecule has 1 aromatic heterocycles. The Hall–Kier alpha value is -3.53. The minimum Gasteiger partial charge on any atom is -0.494 e. The molecule has 0 saturated heterocycles. The minimum atomic E-state index is -3.47. The van der Waals surface area contributed by atoms with Crippen molar-refractivity contribution in [3.63, 3.8) is 0 Å². The van der Waals surface area contributed by atoms with Gasteiger partial charge in [-0.3, -0.25) is 9.52 Å². The van der Waals surface area contributed by atoms with E-state index in [0.29, 0.717) is 11.4 Å². The number of methoxy groups -OCH3 is 2. The summed E-state index contributed by atoms with van der Waals surface area (Å²) in [5.41, 5.74) is 1.55. The number of carbonyl (C=O) groups is 1. The molecule has 1 heterocycles. The number of sulfonamides is 1. The zero-order valence-corrected chi connectivity index (χ0v) is 16.9. The molecule has 0 unspecified atom stereocenters. The molecule has 0 saturated carbocycles. The van der Waals surface area contributed by atoms with Crippen molar-refractivity contribution < 1.29 is 22.7 Å². The highest BCUT2D eigenvalue weighted by atomic mass is 32.2. The van der Waals surface area contributed by atoms with Crippen molar-refractivity contribution in [2.75, 3.05) is 30.5 Å². The van der Waals surface area contributed by atoms with Crippen LogP contribution in [-0.2, 0) is 10.0 Å². The molecule has 0 fully saturated rings. The van der Waals surface area contributed by atoms with Gasteiger partial charge in [-0.2, -0.15) is 5.10 Å². The topological polar surface area (TPSA) is 112 Å². The first-order chi connectivity index (χ1) is 13.8. The van der Waals surface area contributed by atoms with Crippen LogP contribution in [-0.4, -0.2) is 44.6 Å². The average molecular weight is 416 g/mol. The van der Waals surface area contributed by atoms with E-state index >= 15 is 0 Å². The van der Waals surface area contributed by atoms with Crippen LogP contribution in [0.2, 0.25) is 0 Å². The number of hydrogen-bond acceptors (Lipinski definition) is 6. The van der Waals surface area contributed by atoms with E-state index in [1.54, 1.807) is 16.9 Å². The van der Waals surface area contributed by atoms with Crippen LogP contribution < -0.4 is 19.5 Å². The van der Waals surface area contributed by atoms with Gasteiger partial charge in [-0.05, 0) is 24.3 Å². The molecule has 9 nitrogen and oxygen atoms in total. The first-order valence-corrected chi connectivity index (χ1v) is 10.4. The smallest absolute Gasteiger partial charge is 0.280 e. The Balaban J connectivity index is 1.86. The number of para-hydroxylation sites is 1. The number of hydrogen-bond donors (Lipinski definition) is 2. The van der Waals surface area contributed by atoms with E-state index in [1.165, 1.54) is 26.4 Å². The van der Waals surface area contributed by atoms with E-state index in [1.807, 2.05) is 30.3 Å². The fraction of sp³-hybridized carbons (Fsp3) is 0.158. The molecule has 10 heteroatoms. The molecule has 0 spiro atoms. The summed E-state index contributed by atoms with van der Waals surface area (Å²) in [5, 5.41) is 7.02. The largest absolute Gasteiger partial charge is 0.494 e. The molecule has 3 rings (SSSR count). The number of benzene rings is 2. The molecule has 1 amide bonds. The highest BCUT2D eigenvalue weighted by Crippen LogP contribution is 2.29. The molecule has 0 aliphatic heterocycles. The maximum Gasteiger partial charge on any atom is 0.280 e. The van der Waals surface area contributed by atoms with Crippen molar-refractivity contribution in [1.29, 1.82) is 0 Å². The summed E-state index contributed by atoms with van der Waals surface area (Å²) in [6.07, 6.45) is 2.65. The molecule has 0 radical (unpaired) electrons. The van der Waals surface area contributed by atoms with Gasteiger partial charge in [0, 0.05) is 11.8 Å². The number of nitrogens with one attached hydrogen (secondary N) is 2. The number of nitrogens with zero attached hydrogens (tertiary/aromatic N) is 2. The predicted molar refractivity (Wildman–Crippen MR) is 110 cm³/mol. The molecule has 3 aromatic rings. The fourth-order valence-corrected chi connectivity index (χ4v) is 3.19. The molecular weight excluding hydrogens is 396 g/mol. The van der Waals surface area contributed by atoms with Crippen molar-refractivity contribution >= 4 is 27.3 Å². The molecule has 152 valence electrons. The third-order valence-corrected chi connectivity index (χ3v) is 4.48. The van der Waals surface area contributed by atoms with Crippen molar-refractivity contribution in [1.82, 2.24) is 9.78 Å². The summed E-state index contributed by atoms with van der Waals surface area (Å²) in [6, 6.07) is 13.9. The number of aromatic nitrogens is 2. The Bertz CT molecular complexity index is 1130. The van der Waals surface area contributed by atoms with Crippen molar-refractivity contribution in [3.8, 4) is 17.2 Å². The molecule has 29 heavy (non-hydrogen) atoms. The van der Waals surface area contributed by atoms with Gasteiger partial charge in [0.15, 0.2) is 11.4 Å². The van der Waals surface area contributed by atoms with Crippen LogP contribution in [0.25, 0.3) is 5.69 Å². The summed E-state index contributed by atoms with van der Waals surface area (Å²) in [4.78, 5) is 12.7. The van der Waals surface area contributed by atoms with E-state index in [2.05, 4.69) is 15.1 Å². The zero-order valence-electron chi connectivity index (χ0n) is 16.0. The SMILES string of the molecule is COc1cc(NC(=O)c2nn(-c3ccccc3)cc2OC)ccc1NS(C)(=O)=O. The standard InChI is InChI=1S/C19H20N4O5S/c1-27-16-11-13(9-10-15(16)22-29(3,25)26)20-19(24)18-17(28-2)12-23(21-18)14-7-5-4-6-8-14/h4-12,22H,1-3H3,(H,20,24). The van der Waals surface area contributed by atoms with Gasteiger partial charge in [-0.1, -0.05) is 18.2 Å². The number of amides is 1. The second-order valence-electron chi connectivity index (χ2n) is 6.07. The van der Waals surface area contributed by atoms with E-state index in [9.17, 15) is 13.2 Å². The Labute approximate surface area is 168 Å². The number of ether oxygens (including phenoxy) is 2. The number of anilines is 2. The van der Waals surface area contributed by atoms with Crippen LogP contribution in [0.3, 0.4) is 0 Å². The van der Waals surface area contributed by atoms with Gasteiger partial charge in [0.2, 0.25) is 10.0 Å². The maximum absolute atomic E-state index is 12.7. The molecule has 0 aliphatic rings. The Morgan fingerprint density at radius 3 is 2.34 bits per heavy atom. The minimum absolute atomic E-state index is 0.105. The van der Waals surface area contributed by atoms with Gasteiger partial charge in [-0.25, -0.2) is 13.1 Å². The third-order valence-electron chi connectivity index (χ3n) is 3.89. The van der Waals surface area contributed by atoms with E-state index in [4.69, 9.17) is 9.47 Å². The Morgan fingerprint density at radius 2 is 1.72 bits per heavy atom. The summed E-state index contributed by atoms with van der Waals surface area (Å²) in [5.74, 6) is 0.0890. The predicted octanol–water partition coefficient (Wildman–Crippen LogP) is 2.51. The highest BCUT2D eigenvalue weighted by molar-refractivity contribution is 7.92. The lowest BCUT2D eigenvalue weighted by atomic mass is 10.2. The second-order valence-corrected chi connectivity index (χ2v) is 7.82. The van der Waals surface area contributed by atoms with Crippen molar-refractivity contribution in [3.05, 3.63) is 60.4 Å². The lowest BCUT2D eigenvalue weighted by Gasteiger charge is -2.12. The van der Waals surface area contributed by atoms with Gasteiger partial charge >= 0.3 is 0 Å². The number of carbonyl (C=O) groups excluding carboxylic acids is 1. The third kappa shape index (κ3) is 4.85. The molecule has 2 aromatic carbocycles. The van der Waals surface area contributed by atoms with Crippen molar-refractivity contribution in [2.24, 2.45) is 0 Å². The lowest BCUT2D eigenvalue weighted by molar-refractivity contribution is 0.101. The van der Waals surface area contributed by atoms with Gasteiger partial charge < -0.3 is 14.8 Å². The lowest BCUT2D eigenvalue weighted by Crippen LogP contribution is -2.15. The molecule has 0 bridgehead atoms. The molecule has 2 N–H and O–H groups in total. The summed E-state index contributed by atoms with van der Waals surface area (Å²) < 4.78 is 37.3. The van der Waals surface area contributed by atoms with E-state index < -0.39 is 15.9 Å². The maximum atomic E-state index is 12.7. The van der Waals surface area contributed by atoms with Crippen LogP contribution in [0, 0.1) is 0 Å². The first kappa shape index (κ1) is 20.2. The normalized spacial score (nSPS) is 11.0. The molecular formula is C19H20N4O5S. The quantitative estimate of drug-likeness (QED) is 0.612. The average Bonchev–Trinajstić information content (AvgIpc) is 3.13. The summed E-state index contributed by atoms with van der Waals surface area (Å²) >= 11 is 0. The van der Waals surface area contributed by atoms with E-state index in [0.717, 1.165) is 11.9 Å². The van der Waals surface area contributed by atoms with Gasteiger partial charge in [0.05, 0.1) is 38.0 Å². The second kappa shape index (κ2) is 8.23. The molecule has 0 atom stereocenters. The van der Waals surface area contributed by atoms with Crippen LogP contribution >= 0.6 is 0 Å². The molecule has 0 aliphatic carbocycles. The summed E-state index contributed by atoms with van der Waals surface area (Å²) in [7, 11) is -0.610. The van der Waals surface area contributed by atoms with Crippen LogP contribution in [0.5, 0.6) is 11.5 Å². The Morgan fingerprint density at radius 1 is 1.03 bits per heavy atom. The first-order valence-electron chi connectivity index (χ1n) is 8.47. The van der Waals surface area contributed by atoms with E-state index in [-0.39, 0.29) is 17.1 Å². The van der Waals surface area contributed by atoms with Crippen LogP contribution in [0.1, 0.15) is 10.5 Å². The fourth-order valence-electron chi connectivity index (χ4n) is 2.62. The monoisotopic (exact) mass is 416 g/mol. The van der Waals surface area contributed by atoms with Gasteiger partial charge in [-0.15, -0.1) is 0 Å². The van der Waals surface area contributed by atoms with Crippen LogP contribution in [0.4, 0.5) is 11.4 Å². The summed E-state index contributed by atoms with van der Waals surface area (Å²) in [6.45, 7) is 0. The van der Waals surface area contributed by atoms with Gasteiger partial charge in [0.25, 0.3) is 5.91 Å². The van der Waals surface area contributed by atoms with Crippen LogP contribution in [0.15, 0.2) is 54.7 Å². The van der Waals surface area contributed by atoms with Gasteiger partial charge in [0.1, 0.15) is 5.75 Å². The Kier molecular flexibility index (Phi) is 5.74. The number of rotatable bonds is 7. The zero-order chi connectivity index (χ0) is 21.0. The van der Waals surface area contributed by atoms with Crippen molar-refractivity contribution in [2.45, 2.75) is 0 Å².